The Morgan fingerprint density at radius 1 is 1.53 bits per heavy atom. The highest BCUT2D eigenvalue weighted by Gasteiger charge is 2.17. The van der Waals surface area contributed by atoms with Gasteiger partial charge in [0, 0.05) is 7.05 Å². The minimum Gasteiger partial charge on any atom is -0.447 e. The molecule has 0 N–H and O–H groups in total. The maximum atomic E-state index is 12.9. The molecule has 0 spiro atoms. The van der Waals surface area contributed by atoms with Crippen molar-refractivity contribution in [1.29, 1.82) is 0 Å². The van der Waals surface area contributed by atoms with Crippen molar-refractivity contribution in [2.24, 2.45) is 7.05 Å². The molecule has 0 aliphatic heterocycles. The molecule has 0 saturated carbocycles. The first-order valence-corrected chi connectivity index (χ1v) is 4.66. The lowest BCUT2D eigenvalue weighted by atomic mass is 10.3. The molecule has 1 aromatic heterocycles. The van der Waals surface area contributed by atoms with Crippen LogP contribution in [0.1, 0.15) is 0 Å². The second-order valence-corrected chi connectivity index (χ2v) is 3.32. The molecule has 0 aliphatic carbocycles. The Hall–Kier alpha value is -2.44. The average Bonchev–Trinajstić information content (AvgIpc) is 2.66. The Bertz CT molecular complexity index is 568. The van der Waals surface area contributed by atoms with Crippen molar-refractivity contribution in [3.63, 3.8) is 0 Å². The number of nitro groups is 1. The van der Waals surface area contributed by atoms with E-state index in [9.17, 15) is 14.5 Å². The number of ether oxygens (including phenoxy) is 1. The number of nitro benzene ring substituents is 1. The van der Waals surface area contributed by atoms with Crippen LogP contribution in [0.4, 0.5) is 10.1 Å². The fourth-order valence-corrected chi connectivity index (χ4v) is 1.30. The molecule has 7 heteroatoms. The van der Waals surface area contributed by atoms with E-state index in [4.69, 9.17) is 4.74 Å². The van der Waals surface area contributed by atoms with Crippen molar-refractivity contribution in [1.82, 2.24) is 9.78 Å². The number of rotatable bonds is 3. The van der Waals surface area contributed by atoms with Gasteiger partial charge in [-0.3, -0.25) is 14.8 Å². The van der Waals surface area contributed by atoms with Crippen molar-refractivity contribution in [3.8, 4) is 11.5 Å². The number of aromatic nitrogens is 2. The molecule has 2 rings (SSSR count). The standard InChI is InChI=1S/C10H8FN3O3/c1-13-6-8(5-12-13)17-10-3-2-7(11)4-9(10)14(15)16/h2-6H,1H3. The molecule has 88 valence electrons. The highest BCUT2D eigenvalue weighted by Crippen LogP contribution is 2.31. The van der Waals surface area contributed by atoms with Crippen LogP contribution in [0.3, 0.4) is 0 Å². The number of halogens is 1. The van der Waals surface area contributed by atoms with Crippen LogP contribution in [0, 0.1) is 15.9 Å². The first kappa shape index (κ1) is 11.1. The van der Waals surface area contributed by atoms with E-state index in [1.165, 1.54) is 16.9 Å². The van der Waals surface area contributed by atoms with Gasteiger partial charge in [-0.15, -0.1) is 0 Å². The summed E-state index contributed by atoms with van der Waals surface area (Å²) in [5, 5.41) is 14.6. The minimum atomic E-state index is -0.700. The van der Waals surface area contributed by atoms with Gasteiger partial charge in [-0.1, -0.05) is 0 Å². The van der Waals surface area contributed by atoms with Crippen molar-refractivity contribution in [2.75, 3.05) is 0 Å². The molecule has 0 fully saturated rings. The highest BCUT2D eigenvalue weighted by atomic mass is 19.1. The molecule has 6 nitrogen and oxygen atoms in total. The van der Waals surface area contributed by atoms with E-state index in [-0.39, 0.29) is 5.75 Å². The maximum absolute atomic E-state index is 12.9. The summed E-state index contributed by atoms with van der Waals surface area (Å²) in [6, 6.07) is 3.12. The normalized spacial score (nSPS) is 10.2. The van der Waals surface area contributed by atoms with Crippen LogP contribution in [0.5, 0.6) is 11.5 Å². The summed E-state index contributed by atoms with van der Waals surface area (Å²) in [7, 11) is 1.69. The lowest BCUT2D eigenvalue weighted by molar-refractivity contribution is -0.385. The Morgan fingerprint density at radius 3 is 2.88 bits per heavy atom. The molecule has 1 heterocycles. The van der Waals surface area contributed by atoms with E-state index in [0.29, 0.717) is 5.75 Å². The molecule has 0 amide bonds. The smallest absolute Gasteiger partial charge is 0.314 e. The predicted octanol–water partition coefficient (Wildman–Crippen LogP) is 2.26. The fraction of sp³-hybridized carbons (Fsp3) is 0.100. The number of hydrogen-bond donors (Lipinski definition) is 0. The van der Waals surface area contributed by atoms with Gasteiger partial charge in [0.2, 0.25) is 5.75 Å². The van der Waals surface area contributed by atoms with Gasteiger partial charge >= 0.3 is 5.69 Å². The number of aryl methyl sites for hydroxylation is 1. The van der Waals surface area contributed by atoms with Gasteiger partial charge in [-0.25, -0.2) is 4.39 Å². The van der Waals surface area contributed by atoms with Crippen LogP contribution >= 0.6 is 0 Å². The third kappa shape index (κ3) is 2.39. The van der Waals surface area contributed by atoms with Gasteiger partial charge in [0.15, 0.2) is 5.75 Å². The molecular formula is C10H8FN3O3. The molecular weight excluding hydrogens is 229 g/mol. The molecule has 0 radical (unpaired) electrons. The predicted molar refractivity (Wildman–Crippen MR) is 56.3 cm³/mol. The van der Waals surface area contributed by atoms with E-state index in [1.54, 1.807) is 13.2 Å². The molecule has 2 aromatic rings. The zero-order valence-corrected chi connectivity index (χ0v) is 8.83. The van der Waals surface area contributed by atoms with Crippen LogP contribution in [0.15, 0.2) is 30.6 Å². The Morgan fingerprint density at radius 2 is 2.29 bits per heavy atom. The molecule has 17 heavy (non-hydrogen) atoms. The summed E-state index contributed by atoms with van der Waals surface area (Å²) >= 11 is 0. The summed E-state index contributed by atoms with van der Waals surface area (Å²) < 4.78 is 19.6. The Labute approximate surface area is 95.4 Å². The van der Waals surface area contributed by atoms with Crippen molar-refractivity contribution in [3.05, 3.63) is 46.5 Å². The fourth-order valence-electron chi connectivity index (χ4n) is 1.30. The van der Waals surface area contributed by atoms with Crippen LogP contribution in [-0.4, -0.2) is 14.7 Å². The van der Waals surface area contributed by atoms with Crippen LogP contribution in [0.25, 0.3) is 0 Å². The first-order valence-electron chi connectivity index (χ1n) is 4.66. The monoisotopic (exact) mass is 237 g/mol. The zero-order chi connectivity index (χ0) is 12.4. The lowest BCUT2D eigenvalue weighted by Gasteiger charge is -2.03. The zero-order valence-electron chi connectivity index (χ0n) is 8.83. The van der Waals surface area contributed by atoms with Crippen LogP contribution in [-0.2, 0) is 7.05 Å². The molecule has 0 aliphatic rings. The highest BCUT2D eigenvalue weighted by molar-refractivity contribution is 5.48. The molecule has 0 saturated heterocycles. The van der Waals surface area contributed by atoms with E-state index in [2.05, 4.69) is 5.10 Å². The second-order valence-electron chi connectivity index (χ2n) is 3.32. The number of hydrogen-bond acceptors (Lipinski definition) is 4. The van der Waals surface area contributed by atoms with E-state index in [1.807, 2.05) is 0 Å². The van der Waals surface area contributed by atoms with E-state index < -0.39 is 16.4 Å². The van der Waals surface area contributed by atoms with E-state index >= 15 is 0 Å². The van der Waals surface area contributed by atoms with Gasteiger partial charge in [-0.2, -0.15) is 5.10 Å². The van der Waals surface area contributed by atoms with E-state index in [0.717, 1.165) is 12.1 Å². The Balaban J connectivity index is 2.35. The molecule has 0 unspecified atom stereocenters. The van der Waals surface area contributed by atoms with Crippen LogP contribution < -0.4 is 4.74 Å². The van der Waals surface area contributed by atoms with Crippen molar-refractivity contribution in [2.45, 2.75) is 0 Å². The van der Waals surface area contributed by atoms with Gasteiger partial charge in [0.05, 0.1) is 23.4 Å². The Kier molecular flexibility index (Phi) is 2.73. The number of benzene rings is 1. The quantitative estimate of drug-likeness (QED) is 0.606. The SMILES string of the molecule is Cn1cc(Oc2ccc(F)cc2[N+](=O)[O-])cn1. The summed E-state index contributed by atoms with van der Waals surface area (Å²) in [5.74, 6) is -0.359. The summed E-state index contributed by atoms with van der Waals surface area (Å²) in [4.78, 5) is 10.0. The first-order chi connectivity index (χ1) is 8.06. The van der Waals surface area contributed by atoms with Gasteiger partial charge < -0.3 is 4.74 Å². The molecule has 0 bridgehead atoms. The van der Waals surface area contributed by atoms with Crippen LogP contribution in [0.2, 0.25) is 0 Å². The summed E-state index contributed by atoms with van der Waals surface area (Å²) in [6.45, 7) is 0. The average molecular weight is 237 g/mol. The maximum Gasteiger partial charge on any atom is 0.314 e. The third-order valence-electron chi connectivity index (χ3n) is 2.03. The summed E-state index contributed by atoms with van der Waals surface area (Å²) in [5.41, 5.74) is -0.422. The van der Waals surface area contributed by atoms with Gasteiger partial charge in [-0.05, 0) is 12.1 Å². The molecule has 1 aromatic carbocycles. The van der Waals surface area contributed by atoms with Crippen molar-refractivity contribution >= 4 is 5.69 Å². The van der Waals surface area contributed by atoms with Crippen molar-refractivity contribution < 1.29 is 14.1 Å². The third-order valence-corrected chi connectivity index (χ3v) is 2.03. The largest absolute Gasteiger partial charge is 0.447 e. The van der Waals surface area contributed by atoms with Gasteiger partial charge in [0.1, 0.15) is 5.82 Å². The number of nitrogens with zero attached hydrogens (tertiary/aromatic N) is 3. The summed E-state index contributed by atoms with van der Waals surface area (Å²) in [6.07, 6.45) is 2.96. The van der Waals surface area contributed by atoms with Gasteiger partial charge in [0.25, 0.3) is 0 Å². The molecule has 0 atom stereocenters. The second kappa shape index (κ2) is 4.20. The minimum absolute atomic E-state index is 0.0237. The lowest BCUT2D eigenvalue weighted by Crippen LogP contribution is -1.94. The topological polar surface area (TPSA) is 70.2 Å².